The van der Waals surface area contributed by atoms with E-state index in [-0.39, 0.29) is 30.2 Å². The number of methoxy groups -OCH3 is 1. The van der Waals surface area contributed by atoms with Crippen molar-refractivity contribution in [1.29, 1.82) is 0 Å². The second kappa shape index (κ2) is 8.87. The molecule has 0 bridgehead atoms. The Kier molecular flexibility index (Phi) is 6.29. The number of rotatable bonds is 7. The zero-order chi connectivity index (χ0) is 20.1. The average molecular weight is 381 g/mol. The maximum Gasteiger partial charge on any atom is 0.228 e. The Morgan fingerprint density at radius 3 is 2.50 bits per heavy atom. The Bertz CT molecular complexity index is 808. The molecule has 0 aliphatic carbocycles. The Morgan fingerprint density at radius 1 is 1.21 bits per heavy atom. The Balaban J connectivity index is 1.76. The summed E-state index contributed by atoms with van der Waals surface area (Å²) in [5.41, 5.74) is 2.11. The zero-order valence-corrected chi connectivity index (χ0v) is 16.7. The van der Waals surface area contributed by atoms with Gasteiger partial charge in [-0.15, -0.1) is 0 Å². The van der Waals surface area contributed by atoms with Crippen LogP contribution in [0.25, 0.3) is 0 Å². The Morgan fingerprint density at radius 2 is 1.89 bits per heavy atom. The van der Waals surface area contributed by atoms with E-state index in [1.165, 1.54) is 0 Å². The number of pyridine rings is 1. The molecule has 0 spiro atoms. The van der Waals surface area contributed by atoms with Crippen molar-refractivity contribution in [1.82, 2.24) is 14.8 Å². The molecule has 6 nitrogen and oxygen atoms in total. The molecule has 2 atom stereocenters. The summed E-state index contributed by atoms with van der Waals surface area (Å²) in [6, 6.07) is 11.3. The molecule has 2 amide bonds. The Labute approximate surface area is 166 Å². The molecule has 3 rings (SSSR count). The summed E-state index contributed by atoms with van der Waals surface area (Å²) in [5.74, 6) is 0.431. The van der Waals surface area contributed by atoms with E-state index >= 15 is 0 Å². The summed E-state index contributed by atoms with van der Waals surface area (Å²) in [4.78, 5) is 33.3. The third-order valence-corrected chi connectivity index (χ3v) is 5.41. The van der Waals surface area contributed by atoms with Gasteiger partial charge in [-0.3, -0.25) is 14.6 Å². The highest BCUT2D eigenvalue weighted by Crippen LogP contribution is 2.39. The molecule has 1 aliphatic heterocycles. The number of likely N-dealkylation sites (N-methyl/N-ethyl adjacent to an activating group) is 1. The van der Waals surface area contributed by atoms with Crippen molar-refractivity contribution in [3.05, 3.63) is 59.9 Å². The van der Waals surface area contributed by atoms with Gasteiger partial charge in [-0.25, -0.2) is 0 Å². The third-order valence-electron chi connectivity index (χ3n) is 5.41. The lowest BCUT2D eigenvalue weighted by Crippen LogP contribution is -2.37. The van der Waals surface area contributed by atoms with Crippen molar-refractivity contribution in [3.63, 3.8) is 0 Å². The van der Waals surface area contributed by atoms with Crippen molar-refractivity contribution in [2.75, 3.05) is 27.2 Å². The van der Waals surface area contributed by atoms with Gasteiger partial charge in [-0.2, -0.15) is 0 Å². The zero-order valence-electron chi connectivity index (χ0n) is 16.7. The summed E-state index contributed by atoms with van der Waals surface area (Å²) < 4.78 is 5.23. The van der Waals surface area contributed by atoms with E-state index in [1.54, 1.807) is 29.3 Å². The first kappa shape index (κ1) is 19.9. The van der Waals surface area contributed by atoms with Gasteiger partial charge in [0.2, 0.25) is 11.8 Å². The molecule has 0 unspecified atom stereocenters. The van der Waals surface area contributed by atoms with Crippen LogP contribution in [-0.4, -0.2) is 53.8 Å². The fraction of sp³-hybridized carbons (Fsp3) is 0.409. The highest BCUT2D eigenvalue weighted by molar-refractivity contribution is 5.90. The van der Waals surface area contributed by atoms with Crippen molar-refractivity contribution >= 4 is 11.8 Å². The summed E-state index contributed by atoms with van der Waals surface area (Å²) in [7, 11) is 3.43. The second-order valence-electron chi connectivity index (χ2n) is 7.07. The predicted octanol–water partition coefficient (Wildman–Crippen LogP) is 2.70. The first-order valence-electron chi connectivity index (χ1n) is 9.62. The molecule has 2 heterocycles. The topological polar surface area (TPSA) is 62.7 Å². The van der Waals surface area contributed by atoms with Crippen LogP contribution in [0.4, 0.5) is 0 Å². The molecule has 6 heteroatoms. The number of carbonyl (C=O) groups is 2. The summed E-state index contributed by atoms with van der Waals surface area (Å²) in [6.45, 7) is 3.14. The number of ether oxygens (including phenoxy) is 1. The molecule has 148 valence electrons. The molecule has 28 heavy (non-hydrogen) atoms. The molecule has 1 aromatic heterocycles. The number of nitrogens with zero attached hydrogens (tertiary/aromatic N) is 3. The summed E-state index contributed by atoms with van der Waals surface area (Å²) >= 11 is 0. The lowest BCUT2D eigenvalue weighted by atomic mass is 9.92. The van der Waals surface area contributed by atoms with Crippen LogP contribution in [0.3, 0.4) is 0 Å². The SMILES string of the molecule is CCN1C(=O)C[C@@H](C(=O)N(C)CCc2ccncc2)[C@@H]1c1ccc(OC)cc1. The molecular formula is C22H27N3O3. The quantitative estimate of drug-likeness (QED) is 0.740. The molecular weight excluding hydrogens is 354 g/mol. The van der Waals surface area contributed by atoms with Crippen LogP contribution in [0.5, 0.6) is 5.75 Å². The van der Waals surface area contributed by atoms with Crippen molar-refractivity contribution in [2.45, 2.75) is 25.8 Å². The molecule has 1 saturated heterocycles. The van der Waals surface area contributed by atoms with Crippen LogP contribution < -0.4 is 4.74 Å². The fourth-order valence-electron chi connectivity index (χ4n) is 3.84. The van der Waals surface area contributed by atoms with Gasteiger partial charge in [-0.1, -0.05) is 12.1 Å². The maximum atomic E-state index is 13.2. The van der Waals surface area contributed by atoms with Gasteiger partial charge < -0.3 is 14.5 Å². The summed E-state index contributed by atoms with van der Waals surface area (Å²) in [5, 5.41) is 0. The van der Waals surface area contributed by atoms with Crippen LogP contribution in [-0.2, 0) is 16.0 Å². The number of carbonyl (C=O) groups excluding carboxylic acids is 2. The minimum absolute atomic E-state index is 0.0131. The summed E-state index contributed by atoms with van der Waals surface area (Å²) in [6.07, 6.45) is 4.52. The van der Waals surface area contributed by atoms with E-state index < -0.39 is 0 Å². The van der Waals surface area contributed by atoms with E-state index in [9.17, 15) is 9.59 Å². The first-order valence-corrected chi connectivity index (χ1v) is 9.62. The minimum atomic E-state index is -0.372. The predicted molar refractivity (Wildman–Crippen MR) is 107 cm³/mol. The van der Waals surface area contributed by atoms with E-state index in [1.807, 2.05) is 50.4 Å². The van der Waals surface area contributed by atoms with Gasteiger partial charge in [0.25, 0.3) is 0 Å². The number of amides is 2. The lowest BCUT2D eigenvalue weighted by Gasteiger charge is -2.29. The number of aromatic nitrogens is 1. The molecule has 1 fully saturated rings. The number of hydrogen-bond acceptors (Lipinski definition) is 4. The van der Waals surface area contributed by atoms with E-state index in [0.717, 1.165) is 23.3 Å². The first-order chi connectivity index (χ1) is 13.5. The smallest absolute Gasteiger partial charge is 0.228 e. The monoisotopic (exact) mass is 381 g/mol. The lowest BCUT2D eigenvalue weighted by molar-refractivity contribution is -0.135. The van der Waals surface area contributed by atoms with Gasteiger partial charge in [0.1, 0.15) is 5.75 Å². The van der Waals surface area contributed by atoms with Crippen molar-refractivity contribution in [2.24, 2.45) is 5.92 Å². The van der Waals surface area contributed by atoms with E-state index in [0.29, 0.717) is 13.1 Å². The van der Waals surface area contributed by atoms with Crippen LogP contribution in [0.2, 0.25) is 0 Å². The number of likely N-dealkylation sites (tertiary alicyclic amines) is 1. The molecule has 0 radical (unpaired) electrons. The van der Waals surface area contributed by atoms with Crippen LogP contribution in [0.15, 0.2) is 48.8 Å². The van der Waals surface area contributed by atoms with Gasteiger partial charge in [0.05, 0.1) is 19.1 Å². The van der Waals surface area contributed by atoms with Gasteiger partial charge in [-0.05, 0) is 48.7 Å². The van der Waals surface area contributed by atoms with Gasteiger partial charge in [0, 0.05) is 39.0 Å². The number of benzene rings is 1. The maximum absolute atomic E-state index is 13.2. The highest BCUT2D eigenvalue weighted by atomic mass is 16.5. The van der Waals surface area contributed by atoms with Gasteiger partial charge >= 0.3 is 0 Å². The Hall–Kier alpha value is -2.89. The van der Waals surface area contributed by atoms with E-state index in [2.05, 4.69) is 4.98 Å². The largest absolute Gasteiger partial charge is 0.497 e. The fourth-order valence-corrected chi connectivity index (χ4v) is 3.84. The second-order valence-corrected chi connectivity index (χ2v) is 7.07. The van der Waals surface area contributed by atoms with Crippen molar-refractivity contribution in [3.8, 4) is 5.75 Å². The number of hydrogen-bond donors (Lipinski definition) is 0. The van der Waals surface area contributed by atoms with Crippen LogP contribution in [0, 0.1) is 5.92 Å². The molecule has 1 aromatic carbocycles. The van der Waals surface area contributed by atoms with Crippen molar-refractivity contribution < 1.29 is 14.3 Å². The molecule has 1 aliphatic rings. The standard InChI is InChI=1S/C22H27N3O3/c1-4-25-20(26)15-19(21(25)17-5-7-18(28-3)8-6-17)22(27)24(2)14-11-16-9-12-23-13-10-16/h5-10,12-13,19,21H,4,11,14-15H2,1-3H3/t19-,21+/m1/s1. The van der Waals surface area contributed by atoms with Gasteiger partial charge in [0.15, 0.2) is 0 Å². The van der Waals surface area contributed by atoms with E-state index in [4.69, 9.17) is 4.74 Å². The molecule has 2 aromatic rings. The average Bonchev–Trinajstić information content (AvgIpc) is 3.08. The van der Waals surface area contributed by atoms with Crippen LogP contribution >= 0.6 is 0 Å². The minimum Gasteiger partial charge on any atom is -0.497 e. The molecule has 0 N–H and O–H groups in total. The van der Waals surface area contributed by atoms with Crippen LogP contribution in [0.1, 0.15) is 30.5 Å². The highest BCUT2D eigenvalue weighted by Gasteiger charge is 2.44. The third kappa shape index (κ3) is 4.16. The normalized spacial score (nSPS) is 19.0. The molecule has 0 saturated carbocycles.